The lowest BCUT2D eigenvalue weighted by Gasteiger charge is -2.23. The Labute approximate surface area is 253 Å². The van der Waals surface area contributed by atoms with E-state index < -0.39 is 5.82 Å². The van der Waals surface area contributed by atoms with Crippen LogP contribution < -0.4 is 20.1 Å². The molecule has 0 saturated heterocycles. The number of carbonyl (C=O) groups excluding carboxylic acids is 3. The van der Waals surface area contributed by atoms with Crippen LogP contribution in [0.1, 0.15) is 51.1 Å². The van der Waals surface area contributed by atoms with Gasteiger partial charge in [0.05, 0.1) is 13.7 Å². The highest BCUT2D eigenvalue weighted by molar-refractivity contribution is 5.95. The number of carbonyl (C=O) groups is 3. The molecule has 44 heavy (non-hydrogen) atoms. The minimum Gasteiger partial charge on any atom is -0.493 e. The molecular weight excluding hydrogens is 569 g/mol. The first-order valence-electron chi connectivity index (χ1n) is 14.2. The zero-order valence-electron chi connectivity index (χ0n) is 24.2. The monoisotopic (exact) mass is 601 g/mol. The molecule has 1 aromatic heterocycles. The molecule has 0 saturated carbocycles. The third-order valence-corrected chi connectivity index (χ3v) is 7.02. The largest absolute Gasteiger partial charge is 0.493 e. The number of aromatic nitrogens is 4. The summed E-state index contributed by atoms with van der Waals surface area (Å²) in [7, 11) is 1.45. The van der Waals surface area contributed by atoms with Gasteiger partial charge < -0.3 is 25.0 Å². The molecule has 3 amide bonds. The van der Waals surface area contributed by atoms with Gasteiger partial charge >= 0.3 is 0 Å². The molecule has 0 atom stereocenters. The van der Waals surface area contributed by atoms with Crippen molar-refractivity contribution >= 4 is 17.7 Å². The van der Waals surface area contributed by atoms with Crippen LogP contribution in [0.25, 0.3) is 0 Å². The lowest BCUT2D eigenvalue weighted by Crippen LogP contribution is -2.36. The molecule has 3 heterocycles. The van der Waals surface area contributed by atoms with Crippen molar-refractivity contribution in [3.8, 4) is 17.2 Å². The van der Waals surface area contributed by atoms with E-state index in [4.69, 9.17) is 9.47 Å². The van der Waals surface area contributed by atoms with Crippen molar-refractivity contribution < 1.29 is 28.2 Å². The lowest BCUT2D eigenvalue weighted by molar-refractivity contribution is -0.121. The van der Waals surface area contributed by atoms with Gasteiger partial charge in [-0.2, -0.15) is 0 Å². The highest BCUT2D eigenvalue weighted by atomic mass is 19.1. The van der Waals surface area contributed by atoms with Gasteiger partial charge in [-0.25, -0.2) is 9.07 Å². The second kappa shape index (κ2) is 14.2. The summed E-state index contributed by atoms with van der Waals surface area (Å²) in [6.45, 7) is 1.60. The van der Waals surface area contributed by atoms with Crippen LogP contribution in [-0.4, -0.2) is 69.6 Å². The van der Waals surface area contributed by atoms with E-state index in [-0.39, 0.29) is 36.4 Å². The van der Waals surface area contributed by atoms with Gasteiger partial charge in [0.1, 0.15) is 17.9 Å². The molecule has 13 heteroatoms. The molecule has 0 spiro atoms. The molecular formula is C31H32FN7O5. The minimum absolute atomic E-state index is 0.100. The smallest absolute Gasteiger partial charge is 0.253 e. The number of rotatable bonds is 4. The maximum atomic E-state index is 14.4. The molecule has 12 nitrogen and oxygen atoms in total. The first kappa shape index (κ1) is 30.1. The van der Waals surface area contributed by atoms with Gasteiger partial charge in [-0.3, -0.25) is 14.4 Å². The fourth-order valence-corrected chi connectivity index (χ4v) is 4.79. The number of benzene rings is 3. The number of ether oxygens (including phenoxy) is 2. The summed E-state index contributed by atoms with van der Waals surface area (Å²) in [5.41, 5.74) is 2.31. The van der Waals surface area contributed by atoms with Crippen molar-refractivity contribution in [2.24, 2.45) is 0 Å². The third kappa shape index (κ3) is 7.94. The number of fused-ring (bicyclic) bond motifs is 13. The summed E-state index contributed by atoms with van der Waals surface area (Å²) >= 11 is 0. The SMILES string of the molecule is COc1cc2ccc1Oc1cc(F)cc(c1)CNC(=O)CCCN(C(=O)c1ccc(Cn3cnnn3)cc1)CCCNC2=O. The first-order valence-corrected chi connectivity index (χ1v) is 14.2. The van der Waals surface area contributed by atoms with Crippen LogP contribution in [0.4, 0.5) is 4.39 Å². The fraction of sp³-hybridized carbons (Fsp3) is 0.290. The molecule has 2 aliphatic rings. The van der Waals surface area contributed by atoms with E-state index in [2.05, 4.69) is 26.2 Å². The highest BCUT2D eigenvalue weighted by Gasteiger charge is 2.18. The number of nitrogens with zero attached hydrogens (tertiary/aromatic N) is 5. The van der Waals surface area contributed by atoms with E-state index >= 15 is 0 Å². The van der Waals surface area contributed by atoms with E-state index in [1.807, 2.05) is 12.1 Å². The molecule has 0 aliphatic carbocycles. The van der Waals surface area contributed by atoms with Gasteiger partial charge in [0, 0.05) is 49.8 Å². The number of nitrogens with one attached hydrogen (secondary N) is 2. The van der Waals surface area contributed by atoms with Crippen molar-refractivity contribution in [1.82, 2.24) is 35.7 Å². The maximum absolute atomic E-state index is 14.4. The quantitative estimate of drug-likeness (QED) is 0.363. The second-order valence-corrected chi connectivity index (χ2v) is 10.2. The number of tetrazole rings is 1. The Balaban J connectivity index is 1.32. The van der Waals surface area contributed by atoms with Gasteiger partial charge in [-0.05, 0) is 76.9 Å². The topological polar surface area (TPSA) is 141 Å². The predicted octanol–water partition coefficient (Wildman–Crippen LogP) is 3.33. The number of methoxy groups -OCH3 is 1. The minimum atomic E-state index is -0.526. The lowest BCUT2D eigenvalue weighted by atomic mass is 10.1. The van der Waals surface area contributed by atoms with Crippen molar-refractivity contribution in [3.63, 3.8) is 0 Å². The van der Waals surface area contributed by atoms with E-state index in [0.29, 0.717) is 67.2 Å². The van der Waals surface area contributed by atoms with Crippen molar-refractivity contribution in [1.29, 1.82) is 0 Å². The van der Waals surface area contributed by atoms with Crippen LogP contribution in [0.2, 0.25) is 0 Å². The van der Waals surface area contributed by atoms with Crippen LogP contribution in [0.5, 0.6) is 17.2 Å². The molecule has 4 aromatic rings. The normalized spacial score (nSPS) is 14.7. The molecule has 3 aromatic carbocycles. The van der Waals surface area contributed by atoms with Gasteiger partial charge in [0.25, 0.3) is 11.8 Å². The number of hydrogen-bond donors (Lipinski definition) is 2. The standard InChI is InChI=1S/C31H32FN7O5/c1-43-28-16-24-9-10-27(28)44-26-15-22(14-25(32)17-26)18-34-29(40)4-2-12-38(13-3-11-33-30(24)41)31(42)23-7-5-21(6-8-23)19-39-20-35-36-37-39/h5-10,14-17,20H,2-4,11-13,18-19H2,1H3,(H,33,41)(H,34,40). The van der Waals surface area contributed by atoms with E-state index in [1.54, 1.807) is 46.0 Å². The fourth-order valence-electron chi connectivity index (χ4n) is 4.79. The van der Waals surface area contributed by atoms with Gasteiger partial charge in [-0.15, -0.1) is 5.10 Å². The van der Waals surface area contributed by atoms with Crippen LogP contribution in [0.15, 0.2) is 67.0 Å². The van der Waals surface area contributed by atoms with Gasteiger partial charge in [0.15, 0.2) is 11.5 Å². The Morgan fingerprint density at radius 2 is 1.84 bits per heavy atom. The number of hydrogen-bond acceptors (Lipinski definition) is 8. The highest BCUT2D eigenvalue weighted by Crippen LogP contribution is 2.33. The Hall–Kier alpha value is -5.33. The number of amides is 3. The van der Waals surface area contributed by atoms with Crippen molar-refractivity contribution in [2.75, 3.05) is 26.7 Å². The molecule has 2 aliphatic heterocycles. The number of halogens is 1. The van der Waals surface area contributed by atoms with Crippen LogP contribution >= 0.6 is 0 Å². The Bertz CT molecular complexity index is 1610. The molecule has 0 fully saturated rings. The van der Waals surface area contributed by atoms with Crippen molar-refractivity contribution in [2.45, 2.75) is 32.4 Å². The van der Waals surface area contributed by atoms with Gasteiger partial charge in [0.2, 0.25) is 5.91 Å². The summed E-state index contributed by atoms with van der Waals surface area (Å²) in [6, 6.07) is 16.1. The zero-order valence-corrected chi connectivity index (χ0v) is 24.2. The summed E-state index contributed by atoms with van der Waals surface area (Å²) in [4.78, 5) is 40.7. The molecule has 4 bridgehead atoms. The van der Waals surface area contributed by atoms with Gasteiger partial charge in [-0.1, -0.05) is 12.1 Å². The maximum Gasteiger partial charge on any atom is 0.253 e. The second-order valence-electron chi connectivity index (χ2n) is 10.2. The summed E-state index contributed by atoms with van der Waals surface area (Å²) < 4.78 is 27.3. The Kier molecular flexibility index (Phi) is 9.74. The van der Waals surface area contributed by atoms with Crippen LogP contribution in [-0.2, 0) is 17.9 Å². The van der Waals surface area contributed by atoms with Crippen LogP contribution in [0.3, 0.4) is 0 Å². The summed E-state index contributed by atoms with van der Waals surface area (Å²) in [5, 5.41) is 16.8. The molecule has 2 N–H and O–H groups in total. The van der Waals surface area contributed by atoms with Crippen molar-refractivity contribution in [3.05, 3.63) is 95.1 Å². The Morgan fingerprint density at radius 1 is 1.02 bits per heavy atom. The summed E-state index contributed by atoms with van der Waals surface area (Å²) in [6.07, 6.45) is 2.61. The van der Waals surface area contributed by atoms with E-state index in [1.165, 1.54) is 25.6 Å². The van der Waals surface area contributed by atoms with Crippen LogP contribution in [0, 0.1) is 5.82 Å². The van der Waals surface area contributed by atoms with E-state index in [9.17, 15) is 18.8 Å². The molecule has 228 valence electrons. The molecule has 6 rings (SSSR count). The van der Waals surface area contributed by atoms with E-state index in [0.717, 1.165) is 5.56 Å². The third-order valence-electron chi connectivity index (χ3n) is 7.02. The Morgan fingerprint density at radius 3 is 2.61 bits per heavy atom. The first-order chi connectivity index (χ1) is 21.4. The summed E-state index contributed by atoms with van der Waals surface area (Å²) in [5.74, 6) is -0.428. The predicted molar refractivity (Wildman–Crippen MR) is 157 cm³/mol. The molecule has 0 unspecified atom stereocenters. The zero-order chi connectivity index (χ0) is 30.9. The average Bonchev–Trinajstić information content (AvgIpc) is 3.53. The molecule has 0 radical (unpaired) electrons. The average molecular weight is 602 g/mol.